The third-order valence-electron chi connectivity index (χ3n) is 5.48. The standard InChI is InChI=1S/C18H21FN4O2S/c1-22-15-9-12(10-4-6-23(26)7-5-10)14(19)8-13(15)17(21-22)11-2-3-16(24)20-18(11)25/h8-11,26H,2-7H2,1H3,(H,20,24,25). The number of halogens is 1. The van der Waals surface area contributed by atoms with Crippen LogP contribution in [0.4, 0.5) is 4.39 Å². The SMILES string of the molecule is Cn1nc(C2CCC(=O)NC2=O)c2cc(F)c(C3CCN(S)CC3)cc21. The Bertz CT molecular complexity index is 889. The van der Waals surface area contributed by atoms with E-state index in [2.05, 4.69) is 23.2 Å². The highest BCUT2D eigenvalue weighted by atomic mass is 32.1. The quantitative estimate of drug-likeness (QED) is 0.623. The molecule has 1 unspecified atom stereocenters. The number of carbonyl (C=O) groups excluding carboxylic acids is 2. The molecule has 0 bridgehead atoms. The van der Waals surface area contributed by atoms with Crippen LogP contribution in [0.15, 0.2) is 12.1 Å². The summed E-state index contributed by atoms with van der Waals surface area (Å²) in [6.45, 7) is 1.66. The molecule has 2 aliphatic rings. The maximum Gasteiger partial charge on any atom is 0.235 e. The highest BCUT2D eigenvalue weighted by Crippen LogP contribution is 2.36. The van der Waals surface area contributed by atoms with Gasteiger partial charge in [-0.1, -0.05) is 12.8 Å². The van der Waals surface area contributed by atoms with Gasteiger partial charge in [0, 0.05) is 31.9 Å². The Labute approximate surface area is 156 Å². The van der Waals surface area contributed by atoms with Crippen molar-refractivity contribution in [2.75, 3.05) is 13.1 Å². The summed E-state index contributed by atoms with van der Waals surface area (Å²) in [5.74, 6) is -1.23. The third kappa shape index (κ3) is 3.01. The zero-order chi connectivity index (χ0) is 18.4. The van der Waals surface area contributed by atoms with Crippen molar-refractivity contribution in [2.24, 2.45) is 7.05 Å². The number of imide groups is 1. The summed E-state index contributed by atoms with van der Waals surface area (Å²) in [4.78, 5) is 23.6. The van der Waals surface area contributed by atoms with Crippen LogP contribution >= 0.6 is 12.8 Å². The van der Waals surface area contributed by atoms with Gasteiger partial charge in [-0.25, -0.2) is 4.39 Å². The zero-order valence-corrected chi connectivity index (χ0v) is 15.4. The van der Waals surface area contributed by atoms with Crippen molar-refractivity contribution >= 4 is 35.5 Å². The molecule has 2 aromatic rings. The minimum Gasteiger partial charge on any atom is -0.296 e. The van der Waals surface area contributed by atoms with Crippen LogP contribution in [0.3, 0.4) is 0 Å². The van der Waals surface area contributed by atoms with Crippen molar-refractivity contribution in [1.82, 2.24) is 19.4 Å². The van der Waals surface area contributed by atoms with Crippen molar-refractivity contribution in [3.05, 3.63) is 29.2 Å². The molecular weight excluding hydrogens is 355 g/mol. The van der Waals surface area contributed by atoms with Crippen LogP contribution in [-0.4, -0.2) is 39.0 Å². The van der Waals surface area contributed by atoms with Crippen molar-refractivity contribution < 1.29 is 14.0 Å². The second-order valence-electron chi connectivity index (χ2n) is 7.13. The summed E-state index contributed by atoms with van der Waals surface area (Å²) >= 11 is 4.36. The van der Waals surface area contributed by atoms with E-state index in [4.69, 9.17) is 0 Å². The number of nitrogens with zero attached hydrogens (tertiary/aromatic N) is 3. The van der Waals surface area contributed by atoms with Gasteiger partial charge in [-0.2, -0.15) is 5.10 Å². The predicted molar refractivity (Wildman–Crippen MR) is 98.3 cm³/mol. The molecule has 2 amide bonds. The van der Waals surface area contributed by atoms with Gasteiger partial charge in [0.25, 0.3) is 0 Å². The molecule has 0 radical (unpaired) electrons. The number of fused-ring (bicyclic) bond motifs is 1. The van der Waals surface area contributed by atoms with Gasteiger partial charge in [-0.3, -0.25) is 23.9 Å². The molecule has 4 rings (SSSR count). The van der Waals surface area contributed by atoms with Gasteiger partial charge in [0.1, 0.15) is 5.82 Å². The molecule has 1 aromatic carbocycles. The van der Waals surface area contributed by atoms with Crippen molar-refractivity contribution in [3.63, 3.8) is 0 Å². The summed E-state index contributed by atoms with van der Waals surface area (Å²) in [6, 6.07) is 3.37. The molecule has 2 fully saturated rings. The van der Waals surface area contributed by atoms with Crippen LogP contribution in [0, 0.1) is 5.82 Å². The molecule has 0 saturated carbocycles. The van der Waals surface area contributed by atoms with Crippen LogP contribution in [-0.2, 0) is 16.6 Å². The second kappa shape index (κ2) is 6.66. The fraction of sp³-hybridized carbons (Fsp3) is 0.500. The van der Waals surface area contributed by atoms with E-state index in [-0.39, 0.29) is 30.0 Å². The van der Waals surface area contributed by atoms with E-state index in [1.165, 1.54) is 6.07 Å². The molecule has 6 nitrogen and oxygen atoms in total. The Kier molecular flexibility index (Phi) is 4.48. The van der Waals surface area contributed by atoms with Gasteiger partial charge in [0.2, 0.25) is 11.8 Å². The molecule has 26 heavy (non-hydrogen) atoms. The number of hydrogen-bond donors (Lipinski definition) is 2. The first-order valence-electron chi connectivity index (χ1n) is 8.87. The Morgan fingerprint density at radius 3 is 2.65 bits per heavy atom. The number of aryl methyl sites for hydroxylation is 1. The van der Waals surface area contributed by atoms with E-state index in [1.807, 2.05) is 10.4 Å². The lowest BCUT2D eigenvalue weighted by molar-refractivity contribution is -0.134. The molecule has 3 heterocycles. The first-order chi connectivity index (χ1) is 12.4. The first kappa shape index (κ1) is 17.5. The van der Waals surface area contributed by atoms with E-state index in [9.17, 15) is 14.0 Å². The van der Waals surface area contributed by atoms with Crippen molar-refractivity contribution in [1.29, 1.82) is 0 Å². The summed E-state index contributed by atoms with van der Waals surface area (Å²) in [6.07, 6.45) is 2.41. The zero-order valence-electron chi connectivity index (χ0n) is 14.5. The lowest BCUT2D eigenvalue weighted by Crippen LogP contribution is -2.39. The average Bonchev–Trinajstić information content (AvgIpc) is 2.91. The number of piperidine rings is 2. The molecule has 1 atom stereocenters. The summed E-state index contributed by atoms with van der Waals surface area (Å²) in [5, 5.41) is 7.48. The molecule has 8 heteroatoms. The number of amides is 2. The maximum atomic E-state index is 14.9. The lowest BCUT2D eigenvalue weighted by Gasteiger charge is -2.28. The second-order valence-corrected chi connectivity index (χ2v) is 7.70. The monoisotopic (exact) mass is 376 g/mol. The van der Waals surface area contributed by atoms with E-state index < -0.39 is 5.92 Å². The minimum atomic E-state index is -0.519. The smallest absolute Gasteiger partial charge is 0.235 e. The van der Waals surface area contributed by atoms with E-state index in [0.29, 0.717) is 23.1 Å². The largest absolute Gasteiger partial charge is 0.296 e. The molecule has 1 aromatic heterocycles. The summed E-state index contributed by atoms with van der Waals surface area (Å²) in [7, 11) is 1.80. The van der Waals surface area contributed by atoms with E-state index in [1.54, 1.807) is 11.7 Å². The fourth-order valence-electron chi connectivity index (χ4n) is 4.02. The molecule has 0 spiro atoms. The number of thiol groups is 1. The first-order valence-corrected chi connectivity index (χ1v) is 9.27. The Balaban J connectivity index is 1.73. The lowest BCUT2D eigenvalue weighted by atomic mass is 9.88. The minimum absolute atomic E-state index is 0.164. The van der Waals surface area contributed by atoms with Crippen LogP contribution in [0.25, 0.3) is 10.9 Å². The Morgan fingerprint density at radius 2 is 1.96 bits per heavy atom. The summed E-state index contributed by atoms with van der Waals surface area (Å²) in [5.41, 5.74) is 2.06. The van der Waals surface area contributed by atoms with Crippen LogP contribution in [0.2, 0.25) is 0 Å². The average molecular weight is 376 g/mol. The van der Waals surface area contributed by atoms with Crippen molar-refractivity contribution in [3.8, 4) is 0 Å². The predicted octanol–water partition coefficient (Wildman–Crippen LogP) is 2.26. The highest BCUT2D eigenvalue weighted by Gasteiger charge is 2.32. The Morgan fingerprint density at radius 1 is 1.23 bits per heavy atom. The molecule has 138 valence electrons. The molecule has 0 aliphatic carbocycles. The van der Waals surface area contributed by atoms with Crippen LogP contribution < -0.4 is 5.32 Å². The van der Waals surface area contributed by atoms with E-state index in [0.717, 1.165) is 31.4 Å². The number of nitrogens with one attached hydrogen (secondary N) is 1. The topological polar surface area (TPSA) is 67.2 Å². The fourth-order valence-corrected chi connectivity index (χ4v) is 4.25. The van der Waals surface area contributed by atoms with Gasteiger partial charge >= 0.3 is 0 Å². The molecule has 1 N–H and O–H groups in total. The van der Waals surface area contributed by atoms with Gasteiger partial charge in [0.05, 0.1) is 17.1 Å². The molecule has 2 aliphatic heterocycles. The van der Waals surface area contributed by atoms with Gasteiger partial charge < -0.3 is 0 Å². The molecule has 2 saturated heterocycles. The van der Waals surface area contributed by atoms with Crippen LogP contribution in [0.1, 0.15) is 48.8 Å². The number of aromatic nitrogens is 2. The maximum absolute atomic E-state index is 14.9. The normalized spacial score (nSPS) is 22.8. The third-order valence-corrected chi connectivity index (χ3v) is 5.88. The van der Waals surface area contributed by atoms with E-state index >= 15 is 0 Å². The van der Waals surface area contributed by atoms with Crippen LogP contribution in [0.5, 0.6) is 0 Å². The number of benzene rings is 1. The molecular formula is C18H21FN4O2S. The number of carbonyl (C=O) groups is 2. The highest BCUT2D eigenvalue weighted by molar-refractivity contribution is 7.77. The summed E-state index contributed by atoms with van der Waals surface area (Å²) < 4.78 is 18.5. The van der Waals surface area contributed by atoms with Gasteiger partial charge in [-0.05, 0) is 42.9 Å². The Hall–Kier alpha value is -1.93. The van der Waals surface area contributed by atoms with Crippen molar-refractivity contribution in [2.45, 2.75) is 37.5 Å². The van der Waals surface area contributed by atoms with Gasteiger partial charge in [0.15, 0.2) is 0 Å². The number of rotatable bonds is 2. The number of hydrogen-bond acceptors (Lipinski definition) is 5. The van der Waals surface area contributed by atoms with Gasteiger partial charge in [-0.15, -0.1) is 0 Å².